The summed E-state index contributed by atoms with van der Waals surface area (Å²) in [4.78, 5) is 17.9. The molecule has 0 saturated carbocycles. The van der Waals surface area contributed by atoms with E-state index in [0.717, 1.165) is 30.5 Å². The minimum absolute atomic E-state index is 0.319. The number of benzene rings is 1. The summed E-state index contributed by atoms with van der Waals surface area (Å²) < 4.78 is 2.15. The predicted octanol–water partition coefficient (Wildman–Crippen LogP) is 2.25. The number of fused-ring (bicyclic) bond motifs is 1. The number of imidazole rings is 1. The maximum atomic E-state index is 11.1. The summed E-state index contributed by atoms with van der Waals surface area (Å²) >= 11 is 0. The second kappa shape index (κ2) is 4.90. The molecule has 0 bridgehead atoms. The number of likely N-dealkylation sites (tertiary alicyclic amines) is 1. The maximum absolute atomic E-state index is 11.1. The van der Waals surface area contributed by atoms with Crippen LogP contribution in [0.25, 0.3) is 11.0 Å². The van der Waals surface area contributed by atoms with Gasteiger partial charge in [0.05, 0.1) is 22.9 Å². The first-order valence-corrected chi connectivity index (χ1v) is 6.94. The molecule has 1 fully saturated rings. The molecule has 106 valence electrons. The van der Waals surface area contributed by atoms with E-state index in [1.807, 2.05) is 6.33 Å². The number of nitrogens with zero attached hydrogens (tertiary/aromatic N) is 3. The minimum atomic E-state index is -0.893. The third-order valence-electron chi connectivity index (χ3n) is 4.24. The topological polar surface area (TPSA) is 58.4 Å². The van der Waals surface area contributed by atoms with Crippen molar-refractivity contribution in [2.75, 3.05) is 20.1 Å². The molecular weight excluding hydrogens is 254 g/mol. The summed E-state index contributed by atoms with van der Waals surface area (Å²) in [6.07, 6.45) is 2.92. The Balaban J connectivity index is 2.03. The zero-order valence-corrected chi connectivity index (χ0v) is 11.8. The fourth-order valence-corrected chi connectivity index (χ4v) is 3.18. The van der Waals surface area contributed by atoms with Crippen molar-refractivity contribution >= 4 is 17.0 Å². The van der Waals surface area contributed by atoms with E-state index in [4.69, 9.17) is 5.11 Å². The van der Waals surface area contributed by atoms with Gasteiger partial charge in [-0.15, -0.1) is 0 Å². The Labute approximate surface area is 117 Å². The number of hydrogen-bond acceptors (Lipinski definition) is 3. The Morgan fingerprint density at radius 1 is 1.45 bits per heavy atom. The molecule has 0 radical (unpaired) electrons. The molecule has 1 aromatic carbocycles. The molecule has 1 aliphatic heterocycles. The molecule has 2 aromatic rings. The number of piperidine rings is 1. The third kappa shape index (κ3) is 2.18. The van der Waals surface area contributed by atoms with Crippen LogP contribution in [0.5, 0.6) is 0 Å². The lowest BCUT2D eigenvalue weighted by Gasteiger charge is -2.35. The lowest BCUT2D eigenvalue weighted by atomic mass is 9.94. The van der Waals surface area contributed by atoms with Crippen molar-refractivity contribution in [3.8, 4) is 0 Å². The Morgan fingerprint density at radius 3 is 2.95 bits per heavy atom. The van der Waals surface area contributed by atoms with Gasteiger partial charge in [-0.1, -0.05) is 6.92 Å². The molecule has 2 heterocycles. The van der Waals surface area contributed by atoms with Gasteiger partial charge in [-0.3, -0.25) is 0 Å². The van der Waals surface area contributed by atoms with E-state index in [0.29, 0.717) is 17.5 Å². The number of aromatic nitrogens is 2. The standard InChI is InChI=1S/C15H19N3O2/c1-10-8-17(2)6-5-13(10)18-9-16-12-4-3-11(15(19)20)7-14(12)18/h3-4,7,9-10,13H,5-6,8H2,1-2H3,(H,19,20). The van der Waals surface area contributed by atoms with Gasteiger partial charge < -0.3 is 14.6 Å². The highest BCUT2D eigenvalue weighted by molar-refractivity contribution is 5.92. The molecule has 1 aromatic heterocycles. The van der Waals surface area contributed by atoms with Crippen LogP contribution in [0.15, 0.2) is 24.5 Å². The van der Waals surface area contributed by atoms with Gasteiger partial charge in [0.2, 0.25) is 0 Å². The van der Waals surface area contributed by atoms with Crippen molar-refractivity contribution in [2.45, 2.75) is 19.4 Å². The maximum Gasteiger partial charge on any atom is 0.335 e. The highest BCUT2D eigenvalue weighted by Crippen LogP contribution is 2.30. The van der Waals surface area contributed by atoms with E-state index in [2.05, 4.69) is 28.4 Å². The number of carboxylic acid groups (broad SMARTS) is 1. The van der Waals surface area contributed by atoms with Gasteiger partial charge in [-0.25, -0.2) is 9.78 Å². The highest BCUT2D eigenvalue weighted by atomic mass is 16.4. The van der Waals surface area contributed by atoms with Gasteiger partial charge in [-0.2, -0.15) is 0 Å². The summed E-state index contributed by atoms with van der Waals surface area (Å²) in [7, 11) is 2.14. The van der Waals surface area contributed by atoms with Crippen LogP contribution < -0.4 is 0 Å². The first kappa shape index (κ1) is 13.1. The summed E-state index contributed by atoms with van der Waals surface area (Å²) in [6, 6.07) is 5.52. The zero-order valence-electron chi connectivity index (χ0n) is 11.8. The first-order valence-electron chi connectivity index (χ1n) is 6.94. The normalized spacial score (nSPS) is 24.1. The second-order valence-corrected chi connectivity index (χ2v) is 5.76. The van der Waals surface area contributed by atoms with E-state index in [1.54, 1.807) is 18.2 Å². The summed E-state index contributed by atoms with van der Waals surface area (Å²) in [5, 5.41) is 9.13. The van der Waals surface area contributed by atoms with Crippen LogP contribution in [0.2, 0.25) is 0 Å². The summed E-state index contributed by atoms with van der Waals surface area (Å²) in [5.41, 5.74) is 2.10. The number of carbonyl (C=O) groups is 1. The Bertz CT molecular complexity index is 650. The number of hydrogen-bond donors (Lipinski definition) is 1. The first-order chi connectivity index (χ1) is 9.56. The van der Waals surface area contributed by atoms with Gasteiger partial charge in [0.25, 0.3) is 0 Å². The van der Waals surface area contributed by atoms with Crippen LogP contribution >= 0.6 is 0 Å². The molecule has 2 atom stereocenters. The Kier molecular flexibility index (Phi) is 3.22. The molecular formula is C15H19N3O2. The molecule has 2 unspecified atom stereocenters. The van der Waals surface area contributed by atoms with Crippen LogP contribution in [0.3, 0.4) is 0 Å². The van der Waals surface area contributed by atoms with E-state index >= 15 is 0 Å². The van der Waals surface area contributed by atoms with Crippen LogP contribution in [0.4, 0.5) is 0 Å². The number of aromatic carboxylic acids is 1. The van der Waals surface area contributed by atoms with Crippen LogP contribution in [0, 0.1) is 5.92 Å². The monoisotopic (exact) mass is 273 g/mol. The predicted molar refractivity (Wildman–Crippen MR) is 77.0 cm³/mol. The lowest BCUT2D eigenvalue weighted by Crippen LogP contribution is -2.37. The molecule has 5 nitrogen and oxygen atoms in total. The van der Waals surface area contributed by atoms with E-state index < -0.39 is 5.97 Å². The fourth-order valence-electron chi connectivity index (χ4n) is 3.18. The van der Waals surface area contributed by atoms with Crippen molar-refractivity contribution in [1.29, 1.82) is 0 Å². The van der Waals surface area contributed by atoms with Crippen LogP contribution in [-0.4, -0.2) is 45.7 Å². The Morgan fingerprint density at radius 2 is 2.25 bits per heavy atom. The van der Waals surface area contributed by atoms with Crippen LogP contribution in [-0.2, 0) is 0 Å². The van der Waals surface area contributed by atoms with Crippen molar-refractivity contribution in [3.63, 3.8) is 0 Å². The lowest BCUT2D eigenvalue weighted by molar-refractivity contribution is 0.0697. The molecule has 0 spiro atoms. The average Bonchev–Trinajstić information content (AvgIpc) is 2.81. The smallest absolute Gasteiger partial charge is 0.335 e. The van der Waals surface area contributed by atoms with Gasteiger partial charge in [0, 0.05) is 12.6 Å². The molecule has 0 amide bonds. The van der Waals surface area contributed by atoms with Gasteiger partial charge in [0.15, 0.2) is 0 Å². The largest absolute Gasteiger partial charge is 0.478 e. The van der Waals surface area contributed by atoms with E-state index in [-0.39, 0.29) is 0 Å². The molecule has 1 aliphatic rings. The van der Waals surface area contributed by atoms with Crippen molar-refractivity contribution in [1.82, 2.24) is 14.5 Å². The van der Waals surface area contributed by atoms with Crippen molar-refractivity contribution in [2.24, 2.45) is 5.92 Å². The van der Waals surface area contributed by atoms with Gasteiger partial charge in [0.1, 0.15) is 0 Å². The quantitative estimate of drug-likeness (QED) is 0.911. The number of rotatable bonds is 2. The summed E-state index contributed by atoms with van der Waals surface area (Å²) in [6.45, 7) is 4.36. The number of carboxylic acids is 1. The molecule has 3 rings (SSSR count). The van der Waals surface area contributed by atoms with Crippen LogP contribution in [0.1, 0.15) is 29.7 Å². The summed E-state index contributed by atoms with van der Waals surface area (Å²) in [5.74, 6) is -0.365. The molecule has 5 heteroatoms. The van der Waals surface area contributed by atoms with Crippen molar-refractivity contribution < 1.29 is 9.90 Å². The highest BCUT2D eigenvalue weighted by Gasteiger charge is 2.26. The molecule has 1 saturated heterocycles. The van der Waals surface area contributed by atoms with Gasteiger partial charge >= 0.3 is 5.97 Å². The zero-order chi connectivity index (χ0) is 14.3. The Hall–Kier alpha value is -1.88. The second-order valence-electron chi connectivity index (χ2n) is 5.76. The fraction of sp³-hybridized carbons (Fsp3) is 0.467. The SMILES string of the molecule is CC1CN(C)CCC1n1cnc2ccc(C(=O)O)cc21. The molecule has 0 aliphatic carbocycles. The third-order valence-corrected chi connectivity index (χ3v) is 4.24. The van der Waals surface area contributed by atoms with Crippen molar-refractivity contribution in [3.05, 3.63) is 30.1 Å². The average molecular weight is 273 g/mol. The van der Waals surface area contributed by atoms with Gasteiger partial charge in [-0.05, 0) is 44.1 Å². The molecule has 20 heavy (non-hydrogen) atoms. The minimum Gasteiger partial charge on any atom is -0.478 e. The van der Waals surface area contributed by atoms with E-state index in [1.165, 1.54) is 0 Å². The molecule has 1 N–H and O–H groups in total. The van der Waals surface area contributed by atoms with E-state index in [9.17, 15) is 4.79 Å².